The Balaban J connectivity index is 1.56. The van der Waals surface area contributed by atoms with Crippen molar-refractivity contribution in [1.29, 1.82) is 5.26 Å². The number of fused-ring (bicyclic) bond motifs is 1. The van der Waals surface area contributed by atoms with E-state index in [2.05, 4.69) is 16.0 Å². The number of nitrogens with zero attached hydrogens (tertiary/aromatic N) is 2. The molecule has 6 unspecified atom stereocenters. The van der Waals surface area contributed by atoms with Gasteiger partial charge < -0.3 is 25.6 Å². The number of ether oxygens (including phenoxy) is 1. The van der Waals surface area contributed by atoms with Gasteiger partial charge in [-0.2, -0.15) is 18.4 Å². The number of methoxy groups -OCH3 is 1. The molecule has 4 rings (SSSR count). The molecule has 4 fully saturated rings. The Morgan fingerprint density at radius 2 is 1.85 bits per heavy atom. The monoisotopic (exact) mass is 583 g/mol. The maximum atomic E-state index is 14.0. The third-order valence-corrected chi connectivity index (χ3v) is 10.1. The number of carbonyl (C=O) groups excluding carboxylic acids is 4. The minimum atomic E-state index is -4.77. The molecule has 0 spiro atoms. The summed E-state index contributed by atoms with van der Waals surface area (Å²) in [4.78, 5) is 54.3. The highest BCUT2D eigenvalue weighted by atomic mass is 19.4. The molecule has 13 heteroatoms. The normalized spacial score (nSPS) is 29.6. The van der Waals surface area contributed by atoms with Crippen LogP contribution in [-0.4, -0.2) is 78.6 Å². The van der Waals surface area contributed by atoms with Gasteiger partial charge >= 0.3 is 6.18 Å². The van der Waals surface area contributed by atoms with Crippen molar-refractivity contribution in [3.63, 3.8) is 0 Å². The highest BCUT2D eigenvalue weighted by molar-refractivity contribution is 5.95. The number of hydrogen-bond donors (Lipinski definition) is 3. The summed E-state index contributed by atoms with van der Waals surface area (Å²) in [5, 5.41) is 17.6. The number of nitriles is 1. The molecule has 2 aliphatic heterocycles. The van der Waals surface area contributed by atoms with Crippen LogP contribution in [0.25, 0.3) is 0 Å². The van der Waals surface area contributed by atoms with E-state index in [0.717, 1.165) is 6.42 Å². The van der Waals surface area contributed by atoms with Gasteiger partial charge in [-0.05, 0) is 63.2 Å². The summed E-state index contributed by atoms with van der Waals surface area (Å²) in [6.45, 7) is 7.67. The van der Waals surface area contributed by atoms with Crippen LogP contribution in [0.3, 0.4) is 0 Å². The average Bonchev–Trinajstić information content (AvgIpc) is 3.19. The molecule has 2 saturated carbocycles. The number of hydrogen-bond acceptors (Lipinski definition) is 6. The van der Waals surface area contributed by atoms with Gasteiger partial charge in [0.2, 0.25) is 23.6 Å². The Morgan fingerprint density at radius 1 is 1.20 bits per heavy atom. The van der Waals surface area contributed by atoms with Gasteiger partial charge in [0.15, 0.2) is 0 Å². The molecular formula is C28H40F3N5O5. The molecule has 41 heavy (non-hydrogen) atoms. The fourth-order valence-electron chi connectivity index (χ4n) is 6.81. The minimum Gasteiger partial charge on any atom is -0.376 e. The summed E-state index contributed by atoms with van der Waals surface area (Å²) in [5.41, 5.74) is -4.23. The molecule has 0 aromatic carbocycles. The lowest BCUT2D eigenvalue weighted by Gasteiger charge is -2.44. The number of likely N-dealkylation sites (tertiary alicyclic amines) is 1. The van der Waals surface area contributed by atoms with E-state index in [-0.39, 0.29) is 55.4 Å². The van der Waals surface area contributed by atoms with Gasteiger partial charge in [-0.25, -0.2) is 0 Å². The van der Waals surface area contributed by atoms with Gasteiger partial charge in [0.05, 0.1) is 11.7 Å². The van der Waals surface area contributed by atoms with Gasteiger partial charge in [-0.1, -0.05) is 20.3 Å². The van der Waals surface area contributed by atoms with Crippen LogP contribution >= 0.6 is 0 Å². The Bertz CT molecular complexity index is 1130. The summed E-state index contributed by atoms with van der Waals surface area (Å²) in [5.74, 6) is -3.43. The van der Waals surface area contributed by atoms with E-state index in [4.69, 9.17) is 4.74 Å². The summed E-state index contributed by atoms with van der Waals surface area (Å²) >= 11 is 0. The minimum absolute atomic E-state index is 0.0398. The second-order valence-electron chi connectivity index (χ2n) is 13.1. The van der Waals surface area contributed by atoms with E-state index in [9.17, 15) is 37.6 Å². The first-order chi connectivity index (χ1) is 19.0. The van der Waals surface area contributed by atoms with Crippen molar-refractivity contribution < 1.29 is 37.1 Å². The largest absolute Gasteiger partial charge is 0.403 e. The van der Waals surface area contributed by atoms with Crippen LogP contribution in [0, 0.1) is 39.9 Å². The lowest BCUT2D eigenvalue weighted by molar-refractivity contribution is -0.244. The van der Waals surface area contributed by atoms with Gasteiger partial charge in [-0.15, -0.1) is 0 Å². The molecule has 4 amide bonds. The van der Waals surface area contributed by atoms with E-state index < -0.39 is 59.0 Å². The maximum Gasteiger partial charge on any atom is 0.403 e. The second-order valence-corrected chi connectivity index (χ2v) is 13.1. The van der Waals surface area contributed by atoms with Crippen molar-refractivity contribution >= 4 is 23.6 Å². The van der Waals surface area contributed by atoms with Gasteiger partial charge in [0.25, 0.3) is 0 Å². The van der Waals surface area contributed by atoms with Crippen molar-refractivity contribution in [2.24, 2.45) is 28.6 Å². The smallest absolute Gasteiger partial charge is 0.376 e. The topological polar surface area (TPSA) is 141 Å². The molecule has 10 nitrogen and oxygen atoms in total. The lowest BCUT2D eigenvalue weighted by atomic mass is 9.67. The third kappa shape index (κ3) is 5.40. The molecule has 2 saturated heterocycles. The number of alkyl halides is 3. The molecule has 228 valence electrons. The zero-order valence-electron chi connectivity index (χ0n) is 24.2. The Morgan fingerprint density at radius 3 is 2.37 bits per heavy atom. The summed E-state index contributed by atoms with van der Waals surface area (Å²) < 4.78 is 47.2. The zero-order chi connectivity index (χ0) is 30.5. The van der Waals surface area contributed by atoms with Crippen LogP contribution in [0.5, 0.6) is 0 Å². The van der Waals surface area contributed by atoms with Gasteiger partial charge in [-0.3, -0.25) is 19.2 Å². The molecular weight excluding hydrogens is 543 g/mol. The van der Waals surface area contributed by atoms with Crippen molar-refractivity contribution in [2.75, 3.05) is 20.2 Å². The summed E-state index contributed by atoms with van der Waals surface area (Å²) in [6.07, 6.45) is -3.77. The number of nitrogens with one attached hydrogen (secondary N) is 3. The number of amides is 4. The molecule has 2 aliphatic carbocycles. The van der Waals surface area contributed by atoms with E-state index in [1.54, 1.807) is 0 Å². The predicted molar refractivity (Wildman–Crippen MR) is 140 cm³/mol. The van der Waals surface area contributed by atoms with E-state index >= 15 is 0 Å². The van der Waals surface area contributed by atoms with Gasteiger partial charge in [0.1, 0.15) is 23.5 Å². The highest BCUT2D eigenvalue weighted by Gasteiger charge is 2.70. The van der Waals surface area contributed by atoms with E-state index in [1.165, 1.54) is 25.9 Å². The van der Waals surface area contributed by atoms with Gasteiger partial charge in [0, 0.05) is 26.1 Å². The lowest BCUT2D eigenvalue weighted by Crippen LogP contribution is -2.66. The van der Waals surface area contributed by atoms with Crippen molar-refractivity contribution in [3.8, 4) is 6.07 Å². The predicted octanol–water partition coefficient (Wildman–Crippen LogP) is 2.04. The summed E-state index contributed by atoms with van der Waals surface area (Å²) in [6, 6.07) is -1.41. The molecule has 0 radical (unpaired) electrons. The number of halogens is 3. The SMILES string of the molecule is COC(C)(C)C(NC(=O)C1(C(F)(F)F)CCC1)C(=O)N1CC2C(C1C(=O)NC(C#N)CC1CCCNC1=O)C2(C)C. The van der Waals surface area contributed by atoms with Crippen molar-refractivity contribution in [3.05, 3.63) is 0 Å². The first-order valence-corrected chi connectivity index (χ1v) is 14.2. The first-order valence-electron chi connectivity index (χ1n) is 14.2. The maximum absolute atomic E-state index is 14.0. The Kier molecular flexibility index (Phi) is 8.14. The highest BCUT2D eigenvalue weighted by Crippen LogP contribution is 2.65. The van der Waals surface area contributed by atoms with Crippen LogP contribution in [0.1, 0.15) is 66.2 Å². The van der Waals surface area contributed by atoms with Crippen LogP contribution in [-0.2, 0) is 23.9 Å². The van der Waals surface area contributed by atoms with Crippen LogP contribution in [0.4, 0.5) is 13.2 Å². The average molecular weight is 584 g/mol. The number of rotatable bonds is 9. The summed E-state index contributed by atoms with van der Waals surface area (Å²) in [7, 11) is 1.29. The number of piperidine rings is 2. The van der Waals surface area contributed by atoms with Crippen LogP contribution < -0.4 is 16.0 Å². The molecule has 0 bridgehead atoms. The fraction of sp³-hybridized carbons (Fsp3) is 0.821. The third-order valence-electron chi connectivity index (χ3n) is 10.1. The Labute approximate surface area is 238 Å². The standard InChI is InChI=1S/C28H40F3N5O5/c1-25(2)17-14-36(19(18(17)25)22(38)34-16(13-32)12-15-8-6-11-33-21(15)37)23(39)20(26(3,4)41-5)35-24(40)27(9-7-10-27)28(29,30)31/h15-20H,6-12,14H2,1-5H3,(H,33,37)(H,34,38)(H,35,40). The molecule has 0 aromatic rings. The number of carbonyl (C=O) groups is 4. The van der Waals surface area contributed by atoms with Crippen molar-refractivity contribution in [1.82, 2.24) is 20.9 Å². The first kappa shape index (κ1) is 31.1. The second kappa shape index (κ2) is 10.7. The van der Waals surface area contributed by atoms with Crippen LogP contribution in [0.2, 0.25) is 0 Å². The van der Waals surface area contributed by atoms with Crippen molar-refractivity contribution in [2.45, 2.75) is 96.1 Å². The Hall–Kier alpha value is -2.88. The molecule has 0 aromatic heterocycles. The van der Waals surface area contributed by atoms with Crippen LogP contribution in [0.15, 0.2) is 0 Å². The fourth-order valence-corrected chi connectivity index (χ4v) is 6.81. The quantitative estimate of drug-likeness (QED) is 0.380. The molecule has 2 heterocycles. The molecule has 4 aliphatic rings. The molecule has 6 atom stereocenters. The van der Waals surface area contributed by atoms with E-state index in [0.29, 0.717) is 13.0 Å². The van der Waals surface area contributed by atoms with E-state index in [1.807, 2.05) is 19.9 Å². The molecule has 3 N–H and O–H groups in total. The zero-order valence-corrected chi connectivity index (χ0v) is 24.2.